The van der Waals surface area contributed by atoms with E-state index in [4.69, 9.17) is 4.98 Å². The molecule has 0 spiro atoms. The maximum Gasteiger partial charge on any atom is 0.0899 e. The lowest BCUT2D eigenvalue weighted by atomic mass is 9.94. The lowest BCUT2D eigenvalue weighted by Gasteiger charge is -2.14. The SMILES string of the molecule is c1ccc(-c2cc(-c3ccc(-n4c5ccccc5c5cnccc54)cc3)cc(-c3cc4ccccc4c4ccccc34)n2)nc1. The van der Waals surface area contributed by atoms with Crippen molar-refractivity contribution in [1.82, 2.24) is 19.5 Å². The molecule has 4 nitrogen and oxygen atoms in total. The van der Waals surface area contributed by atoms with E-state index >= 15 is 0 Å². The summed E-state index contributed by atoms with van der Waals surface area (Å²) in [4.78, 5) is 14.3. The molecule has 0 atom stereocenters. The molecular weight excluding hydrogens is 548 g/mol. The first-order chi connectivity index (χ1) is 22.3. The van der Waals surface area contributed by atoms with Crippen LogP contribution >= 0.6 is 0 Å². The fourth-order valence-electron chi connectivity index (χ4n) is 6.64. The van der Waals surface area contributed by atoms with Crippen molar-refractivity contribution in [2.45, 2.75) is 0 Å². The van der Waals surface area contributed by atoms with E-state index in [1.54, 1.807) is 0 Å². The third-order valence-electron chi connectivity index (χ3n) is 8.73. The highest BCUT2D eigenvalue weighted by molar-refractivity contribution is 6.13. The van der Waals surface area contributed by atoms with Gasteiger partial charge in [-0.1, -0.05) is 84.9 Å². The molecule has 0 aliphatic rings. The molecule has 0 bridgehead atoms. The van der Waals surface area contributed by atoms with E-state index in [0.717, 1.165) is 50.4 Å². The molecule has 0 radical (unpaired) electrons. The molecule has 4 aromatic heterocycles. The van der Waals surface area contributed by atoms with Gasteiger partial charge in [0.25, 0.3) is 0 Å². The molecule has 9 aromatic rings. The Kier molecular flexibility index (Phi) is 5.78. The summed E-state index contributed by atoms with van der Waals surface area (Å²) in [5.74, 6) is 0. The summed E-state index contributed by atoms with van der Waals surface area (Å²) in [5, 5.41) is 7.20. The molecule has 9 rings (SSSR count). The minimum Gasteiger partial charge on any atom is -0.309 e. The van der Waals surface area contributed by atoms with E-state index in [1.807, 2.05) is 36.8 Å². The molecule has 0 fully saturated rings. The average molecular weight is 575 g/mol. The normalized spacial score (nSPS) is 11.6. The van der Waals surface area contributed by atoms with E-state index in [-0.39, 0.29) is 0 Å². The van der Waals surface area contributed by atoms with Crippen molar-refractivity contribution in [2.75, 3.05) is 0 Å². The van der Waals surface area contributed by atoms with Crippen molar-refractivity contribution in [3.8, 4) is 39.5 Å². The van der Waals surface area contributed by atoms with Gasteiger partial charge in [0.05, 0.1) is 28.1 Å². The lowest BCUT2D eigenvalue weighted by molar-refractivity contribution is 1.17. The highest BCUT2D eigenvalue weighted by Gasteiger charge is 2.15. The van der Waals surface area contributed by atoms with E-state index in [0.29, 0.717) is 0 Å². The van der Waals surface area contributed by atoms with Crippen LogP contribution < -0.4 is 0 Å². The molecule has 210 valence electrons. The maximum atomic E-state index is 5.21. The number of benzene rings is 5. The quantitative estimate of drug-likeness (QED) is 0.196. The van der Waals surface area contributed by atoms with E-state index in [1.165, 1.54) is 32.4 Å². The average Bonchev–Trinajstić information content (AvgIpc) is 3.46. The van der Waals surface area contributed by atoms with Gasteiger partial charge in [0.2, 0.25) is 0 Å². The van der Waals surface area contributed by atoms with Crippen LogP contribution in [0.15, 0.2) is 158 Å². The zero-order chi connectivity index (χ0) is 29.7. The largest absolute Gasteiger partial charge is 0.309 e. The van der Waals surface area contributed by atoms with Crippen molar-refractivity contribution >= 4 is 43.4 Å². The molecular formula is C41H26N4. The summed E-state index contributed by atoms with van der Waals surface area (Å²) in [6.07, 6.45) is 5.64. The lowest BCUT2D eigenvalue weighted by Crippen LogP contribution is -1.95. The Morgan fingerprint density at radius 1 is 0.444 bits per heavy atom. The number of rotatable bonds is 4. The van der Waals surface area contributed by atoms with Gasteiger partial charge >= 0.3 is 0 Å². The molecule has 0 aliphatic carbocycles. The third kappa shape index (κ3) is 4.19. The van der Waals surface area contributed by atoms with Gasteiger partial charge in [0, 0.05) is 40.6 Å². The summed E-state index contributed by atoms with van der Waals surface area (Å²) in [5.41, 5.74) is 9.36. The first-order valence-electron chi connectivity index (χ1n) is 15.1. The van der Waals surface area contributed by atoms with Gasteiger partial charge in [-0.05, 0) is 87.3 Å². The molecule has 45 heavy (non-hydrogen) atoms. The molecule has 0 amide bonds. The van der Waals surface area contributed by atoms with Crippen LogP contribution in [0.1, 0.15) is 0 Å². The summed E-state index contributed by atoms with van der Waals surface area (Å²) in [6.45, 7) is 0. The zero-order valence-corrected chi connectivity index (χ0v) is 24.3. The molecule has 0 saturated heterocycles. The molecule has 0 aliphatic heterocycles. The first kappa shape index (κ1) is 25.4. The van der Waals surface area contributed by atoms with Crippen LogP contribution in [0.4, 0.5) is 0 Å². The van der Waals surface area contributed by atoms with Crippen molar-refractivity contribution in [1.29, 1.82) is 0 Å². The van der Waals surface area contributed by atoms with E-state index in [9.17, 15) is 0 Å². The molecule has 0 N–H and O–H groups in total. The molecule has 0 unspecified atom stereocenters. The van der Waals surface area contributed by atoms with Crippen LogP contribution in [0.25, 0.3) is 82.8 Å². The van der Waals surface area contributed by atoms with Gasteiger partial charge in [-0.3, -0.25) is 9.97 Å². The minimum absolute atomic E-state index is 0.847. The van der Waals surface area contributed by atoms with Crippen molar-refractivity contribution in [3.63, 3.8) is 0 Å². The number of pyridine rings is 3. The molecule has 4 heteroatoms. The Bertz CT molecular complexity index is 2480. The van der Waals surface area contributed by atoms with Gasteiger partial charge < -0.3 is 4.57 Å². The maximum absolute atomic E-state index is 5.21. The van der Waals surface area contributed by atoms with Gasteiger partial charge in [-0.15, -0.1) is 0 Å². The molecule has 4 heterocycles. The summed E-state index contributed by atoms with van der Waals surface area (Å²) in [7, 11) is 0. The fraction of sp³-hybridized carbons (Fsp3) is 0. The highest BCUT2D eigenvalue weighted by Crippen LogP contribution is 2.38. The van der Waals surface area contributed by atoms with Gasteiger partial charge in [-0.25, -0.2) is 4.98 Å². The predicted octanol–water partition coefficient (Wildman–Crippen LogP) is 10.3. The topological polar surface area (TPSA) is 43.6 Å². The second-order valence-electron chi connectivity index (χ2n) is 11.3. The fourth-order valence-corrected chi connectivity index (χ4v) is 6.64. The summed E-state index contributed by atoms with van der Waals surface area (Å²) >= 11 is 0. The second-order valence-corrected chi connectivity index (χ2v) is 11.3. The van der Waals surface area contributed by atoms with E-state index < -0.39 is 0 Å². The Labute approximate surface area is 259 Å². The Hall–Kier alpha value is -6.13. The second kappa shape index (κ2) is 10.2. The zero-order valence-electron chi connectivity index (χ0n) is 24.3. The van der Waals surface area contributed by atoms with Gasteiger partial charge in [0.1, 0.15) is 0 Å². The van der Waals surface area contributed by atoms with Crippen LogP contribution in [0.2, 0.25) is 0 Å². The van der Waals surface area contributed by atoms with Crippen LogP contribution in [-0.4, -0.2) is 19.5 Å². The third-order valence-corrected chi connectivity index (χ3v) is 8.73. The van der Waals surface area contributed by atoms with Gasteiger partial charge in [-0.2, -0.15) is 0 Å². The minimum atomic E-state index is 0.847. The smallest absolute Gasteiger partial charge is 0.0899 e. The number of hydrogen-bond acceptors (Lipinski definition) is 3. The Morgan fingerprint density at radius 3 is 2.00 bits per heavy atom. The highest BCUT2D eigenvalue weighted by atomic mass is 15.0. The van der Waals surface area contributed by atoms with E-state index in [2.05, 4.69) is 136 Å². The number of fused-ring (bicyclic) bond motifs is 6. The predicted molar refractivity (Wildman–Crippen MR) is 185 cm³/mol. The number of aromatic nitrogens is 4. The molecule has 5 aromatic carbocycles. The van der Waals surface area contributed by atoms with Crippen LogP contribution in [-0.2, 0) is 0 Å². The number of hydrogen-bond donors (Lipinski definition) is 0. The number of nitrogens with zero attached hydrogens (tertiary/aromatic N) is 4. The molecule has 0 saturated carbocycles. The van der Waals surface area contributed by atoms with Crippen LogP contribution in [0.5, 0.6) is 0 Å². The first-order valence-corrected chi connectivity index (χ1v) is 15.1. The Morgan fingerprint density at radius 2 is 1.16 bits per heavy atom. The summed E-state index contributed by atoms with van der Waals surface area (Å²) < 4.78 is 2.31. The standard InChI is InChI=1S/C41H26N4/c1-2-10-31-28(9-1)23-35(33-12-4-3-11-32(31)33)38-24-29(25-39(44-38)37-14-7-8-21-43-37)27-16-18-30(19-17-27)45-40-15-6-5-13-34(40)36-26-42-22-20-41(36)45/h1-26H. The number of para-hydroxylation sites is 1. The van der Waals surface area contributed by atoms with Crippen molar-refractivity contribution < 1.29 is 0 Å². The summed E-state index contributed by atoms with van der Waals surface area (Å²) in [6, 6.07) is 49.2. The Balaban J connectivity index is 1.23. The van der Waals surface area contributed by atoms with Crippen molar-refractivity contribution in [3.05, 3.63) is 158 Å². The monoisotopic (exact) mass is 574 g/mol. The van der Waals surface area contributed by atoms with Crippen LogP contribution in [0.3, 0.4) is 0 Å². The van der Waals surface area contributed by atoms with Crippen molar-refractivity contribution in [2.24, 2.45) is 0 Å². The van der Waals surface area contributed by atoms with Crippen LogP contribution in [0, 0.1) is 0 Å². The van der Waals surface area contributed by atoms with Gasteiger partial charge in [0.15, 0.2) is 0 Å².